The lowest BCUT2D eigenvalue weighted by molar-refractivity contribution is -0.120. The molecule has 0 aromatic heterocycles. The summed E-state index contributed by atoms with van der Waals surface area (Å²) in [7, 11) is 0. The van der Waals surface area contributed by atoms with Crippen LogP contribution in [-0.2, 0) is 4.79 Å². The average Bonchev–Trinajstić information content (AvgIpc) is 2.39. The van der Waals surface area contributed by atoms with E-state index in [1.807, 2.05) is 0 Å². The Balaban J connectivity index is 2.16. The highest BCUT2D eigenvalue weighted by molar-refractivity contribution is 6.04. The molecule has 0 radical (unpaired) electrons. The maximum Gasteiger partial charge on any atom is 0.404 e. The number of urea groups is 1. The van der Waals surface area contributed by atoms with Gasteiger partial charge < -0.3 is 15.7 Å². The van der Waals surface area contributed by atoms with Crippen LogP contribution in [0, 0.1) is 0 Å². The summed E-state index contributed by atoms with van der Waals surface area (Å²) in [5.41, 5.74) is 0. The molecule has 78 valence electrons. The lowest BCUT2D eigenvalue weighted by atomic mass is 10.1. The number of rotatable bonds is 4. The van der Waals surface area contributed by atoms with E-state index >= 15 is 0 Å². The second-order valence-corrected chi connectivity index (χ2v) is 2.89. The highest BCUT2D eigenvalue weighted by atomic mass is 16.4. The Morgan fingerprint density at radius 1 is 1.50 bits per heavy atom. The summed E-state index contributed by atoms with van der Waals surface area (Å²) in [5, 5.41) is 14.9. The Kier molecular flexibility index (Phi) is 3.27. The normalized spacial score (nSPS) is 20.1. The van der Waals surface area contributed by atoms with Crippen molar-refractivity contribution in [3.05, 3.63) is 0 Å². The summed E-state index contributed by atoms with van der Waals surface area (Å²) in [4.78, 5) is 31.7. The highest BCUT2D eigenvalue weighted by Gasteiger charge is 2.28. The van der Waals surface area contributed by atoms with Crippen molar-refractivity contribution in [2.24, 2.45) is 0 Å². The molecule has 14 heavy (non-hydrogen) atoms. The first kappa shape index (κ1) is 10.3. The minimum atomic E-state index is -1.09. The fourth-order valence-corrected chi connectivity index (χ4v) is 1.16. The number of imide groups is 1. The van der Waals surface area contributed by atoms with Gasteiger partial charge in [0.05, 0.1) is 0 Å². The van der Waals surface area contributed by atoms with Crippen molar-refractivity contribution in [2.75, 3.05) is 6.54 Å². The Morgan fingerprint density at radius 3 is 2.71 bits per heavy atom. The minimum Gasteiger partial charge on any atom is -0.465 e. The standard InChI is InChI=1S/C7H11N3O4/c11-5-4(9-6(12)10-5)2-1-3-8-7(13)14/h4,8H,1-3H2,(H,13,14)(H2,9,10,11,12). The third kappa shape index (κ3) is 2.92. The first-order chi connectivity index (χ1) is 6.59. The number of nitrogens with one attached hydrogen (secondary N) is 3. The fourth-order valence-electron chi connectivity index (χ4n) is 1.16. The van der Waals surface area contributed by atoms with Gasteiger partial charge in [-0.3, -0.25) is 10.1 Å². The van der Waals surface area contributed by atoms with Crippen LogP contribution in [0.15, 0.2) is 0 Å². The molecule has 7 nitrogen and oxygen atoms in total. The molecule has 1 aliphatic rings. The van der Waals surface area contributed by atoms with E-state index in [-0.39, 0.29) is 12.5 Å². The highest BCUT2D eigenvalue weighted by Crippen LogP contribution is 2.01. The van der Waals surface area contributed by atoms with Crippen LogP contribution in [0.1, 0.15) is 12.8 Å². The van der Waals surface area contributed by atoms with Crippen LogP contribution in [0.25, 0.3) is 0 Å². The van der Waals surface area contributed by atoms with Crippen molar-refractivity contribution in [1.82, 2.24) is 16.0 Å². The van der Waals surface area contributed by atoms with Gasteiger partial charge >= 0.3 is 12.1 Å². The van der Waals surface area contributed by atoms with Gasteiger partial charge in [-0.1, -0.05) is 0 Å². The quantitative estimate of drug-likeness (QED) is 0.354. The van der Waals surface area contributed by atoms with E-state index in [0.29, 0.717) is 12.8 Å². The summed E-state index contributed by atoms with van der Waals surface area (Å²) in [6, 6.07) is -1.02. The van der Waals surface area contributed by atoms with E-state index in [1.165, 1.54) is 0 Å². The third-order valence-electron chi connectivity index (χ3n) is 1.80. The molecule has 4 amide bonds. The van der Waals surface area contributed by atoms with Crippen LogP contribution in [0.4, 0.5) is 9.59 Å². The largest absolute Gasteiger partial charge is 0.465 e. The molecule has 1 atom stereocenters. The zero-order valence-electron chi connectivity index (χ0n) is 7.37. The minimum absolute atomic E-state index is 0.273. The van der Waals surface area contributed by atoms with E-state index in [9.17, 15) is 14.4 Å². The Labute approximate surface area is 79.9 Å². The van der Waals surface area contributed by atoms with Crippen molar-refractivity contribution in [1.29, 1.82) is 0 Å². The van der Waals surface area contributed by atoms with Crippen molar-refractivity contribution in [3.63, 3.8) is 0 Å². The molecule has 0 aromatic rings. The van der Waals surface area contributed by atoms with E-state index in [4.69, 9.17) is 5.11 Å². The van der Waals surface area contributed by atoms with Gasteiger partial charge in [0.2, 0.25) is 0 Å². The van der Waals surface area contributed by atoms with Crippen molar-refractivity contribution >= 4 is 18.0 Å². The molecule has 1 aliphatic heterocycles. The summed E-state index contributed by atoms with van der Waals surface area (Å²) < 4.78 is 0. The average molecular weight is 201 g/mol. The molecule has 1 fully saturated rings. The number of amides is 4. The van der Waals surface area contributed by atoms with E-state index in [1.54, 1.807) is 0 Å². The molecule has 1 heterocycles. The molecular weight excluding hydrogens is 190 g/mol. The molecule has 0 saturated carbocycles. The van der Waals surface area contributed by atoms with Crippen LogP contribution in [0.3, 0.4) is 0 Å². The molecular formula is C7H11N3O4. The molecule has 0 aromatic carbocycles. The van der Waals surface area contributed by atoms with Gasteiger partial charge in [-0.15, -0.1) is 0 Å². The summed E-state index contributed by atoms with van der Waals surface area (Å²) >= 11 is 0. The third-order valence-corrected chi connectivity index (χ3v) is 1.80. The number of carboxylic acid groups (broad SMARTS) is 1. The van der Waals surface area contributed by atoms with Gasteiger partial charge in [-0.25, -0.2) is 9.59 Å². The first-order valence-electron chi connectivity index (χ1n) is 4.18. The molecule has 1 rings (SSSR count). The van der Waals surface area contributed by atoms with Gasteiger partial charge in [-0.05, 0) is 12.8 Å². The van der Waals surface area contributed by atoms with Crippen LogP contribution in [0.2, 0.25) is 0 Å². The van der Waals surface area contributed by atoms with Crippen LogP contribution in [-0.4, -0.2) is 35.7 Å². The van der Waals surface area contributed by atoms with E-state index in [0.717, 1.165) is 0 Å². The molecule has 1 saturated heterocycles. The SMILES string of the molecule is O=C(O)NCCCC1NC(=O)NC1=O. The lowest BCUT2D eigenvalue weighted by Gasteiger charge is -2.05. The van der Waals surface area contributed by atoms with Crippen molar-refractivity contribution in [2.45, 2.75) is 18.9 Å². The number of carbonyl (C=O) groups is 3. The molecule has 7 heteroatoms. The van der Waals surface area contributed by atoms with Gasteiger partial charge in [0.1, 0.15) is 6.04 Å². The van der Waals surface area contributed by atoms with Crippen molar-refractivity contribution < 1.29 is 19.5 Å². The zero-order valence-corrected chi connectivity index (χ0v) is 7.37. The number of hydrogen-bond acceptors (Lipinski definition) is 3. The van der Waals surface area contributed by atoms with Crippen LogP contribution >= 0.6 is 0 Å². The summed E-state index contributed by atoms with van der Waals surface area (Å²) in [5.74, 6) is -0.356. The van der Waals surface area contributed by atoms with Gasteiger partial charge in [-0.2, -0.15) is 0 Å². The van der Waals surface area contributed by atoms with Gasteiger partial charge in [0, 0.05) is 6.54 Å². The second kappa shape index (κ2) is 4.45. The maximum atomic E-state index is 11.0. The maximum absolute atomic E-state index is 11.0. The number of hydrogen-bond donors (Lipinski definition) is 4. The molecule has 0 aliphatic carbocycles. The monoisotopic (exact) mass is 201 g/mol. The molecule has 4 N–H and O–H groups in total. The van der Waals surface area contributed by atoms with Crippen LogP contribution in [0.5, 0.6) is 0 Å². The van der Waals surface area contributed by atoms with E-state index in [2.05, 4.69) is 16.0 Å². The molecule has 0 spiro atoms. The van der Waals surface area contributed by atoms with Gasteiger partial charge in [0.25, 0.3) is 5.91 Å². The second-order valence-electron chi connectivity index (χ2n) is 2.89. The molecule has 0 bridgehead atoms. The Morgan fingerprint density at radius 2 is 2.21 bits per heavy atom. The summed E-state index contributed by atoms with van der Waals surface area (Å²) in [6.07, 6.45) is -0.160. The predicted molar refractivity (Wildman–Crippen MR) is 45.7 cm³/mol. The summed E-state index contributed by atoms with van der Waals surface area (Å²) in [6.45, 7) is 0.273. The predicted octanol–water partition coefficient (Wildman–Crippen LogP) is -0.758. The number of carbonyl (C=O) groups excluding carboxylic acids is 2. The molecule has 1 unspecified atom stereocenters. The van der Waals surface area contributed by atoms with E-state index < -0.39 is 18.2 Å². The van der Waals surface area contributed by atoms with Crippen molar-refractivity contribution in [3.8, 4) is 0 Å². The first-order valence-corrected chi connectivity index (χ1v) is 4.18. The Bertz CT molecular complexity index is 266. The lowest BCUT2D eigenvalue weighted by Crippen LogP contribution is -2.30. The fraction of sp³-hybridized carbons (Fsp3) is 0.571. The zero-order chi connectivity index (χ0) is 10.6. The van der Waals surface area contributed by atoms with Crippen LogP contribution < -0.4 is 16.0 Å². The smallest absolute Gasteiger partial charge is 0.404 e. The van der Waals surface area contributed by atoms with Gasteiger partial charge in [0.15, 0.2) is 0 Å². The topological polar surface area (TPSA) is 108 Å². The Hall–Kier alpha value is -1.79.